The summed E-state index contributed by atoms with van der Waals surface area (Å²) in [6, 6.07) is 0. The van der Waals surface area contributed by atoms with Crippen LogP contribution in [-0.4, -0.2) is 13.1 Å². The lowest BCUT2D eigenvalue weighted by Gasteiger charge is -2.12. The van der Waals surface area contributed by atoms with E-state index in [0.717, 1.165) is 11.8 Å². The Morgan fingerprint density at radius 1 is 0.480 bits per heavy atom. The van der Waals surface area contributed by atoms with Gasteiger partial charge in [0, 0.05) is 0 Å². The molecule has 0 aliphatic heterocycles. The van der Waals surface area contributed by atoms with E-state index in [-0.39, 0.29) is 0 Å². The van der Waals surface area contributed by atoms with Crippen molar-refractivity contribution in [2.24, 2.45) is 11.8 Å². The molecule has 25 heavy (non-hydrogen) atoms. The van der Waals surface area contributed by atoms with Crippen molar-refractivity contribution in [2.45, 2.75) is 130 Å². The summed E-state index contributed by atoms with van der Waals surface area (Å²) in [5.41, 5.74) is 0. The van der Waals surface area contributed by atoms with Gasteiger partial charge in [-0.05, 0) is 37.8 Å². The quantitative estimate of drug-likeness (QED) is 0.218. The van der Waals surface area contributed by atoms with Crippen LogP contribution in [-0.2, 0) is 0 Å². The zero-order valence-electron chi connectivity index (χ0n) is 18.4. The van der Waals surface area contributed by atoms with Crippen molar-refractivity contribution in [1.82, 2.24) is 5.32 Å². The van der Waals surface area contributed by atoms with Crippen molar-refractivity contribution >= 4 is 0 Å². The zero-order chi connectivity index (χ0) is 18.6. The molecule has 0 saturated carbocycles. The Balaban J connectivity index is 3.20. The monoisotopic (exact) mass is 353 g/mol. The van der Waals surface area contributed by atoms with E-state index in [1.54, 1.807) is 0 Å². The van der Waals surface area contributed by atoms with Gasteiger partial charge in [0.2, 0.25) is 0 Å². The van der Waals surface area contributed by atoms with E-state index in [1.807, 2.05) is 0 Å². The molecular weight excluding hydrogens is 302 g/mol. The van der Waals surface area contributed by atoms with Gasteiger partial charge >= 0.3 is 0 Å². The molecule has 2 atom stereocenters. The minimum Gasteiger partial charge on any atom is -0.317 e. The molecule has 0 aliphatic carbocycles. The first-order valence-corrected chi connectivity index (χ1v) is 11.9. The fourth-order valence-corrected chi connectivity index (χ4v) is 3.74. The Bertz CT molecular complexity index is 214. The molecule has 0 saturated heterocycles. The van der Waals surface area contributed by atoms with Crippen molar-refractivity contribution in [1.29, 1.82) is 0 Å². The van der Waals surface area contributed by atoms with Crippen LogP contribution in [0.2, 0.25) is 0 Å². The Kier molecular flexibility index (Phi) is 20.2. The molecule has 2 unspecified atom stereocenters. The van der Waals surface area contributed by atoms with Crippen molar-refractivity contribution < 1.29 is 0 Å². The molecule has 1 N–H and O–H groups in total. The third kappa shape index (κ3) is 20.1. The summed E-state index contributed by atoms with van der Waals surface area (Å²) in [6.45, 7) is 12.0. The Morgan fingerprint density at radius 2 is 0.840 bits per heavy atom. The van der Waals surface area contributed by atoms with Crippen molar-refractivity contribution in [3.63, 3.8) is 0 Å². The fourth-order valence-electron chi connectivity index (χ4n) is 3.74. The summed E-state index contributed by atoms with van der Waals surface area (Å²) in [5.74, 6) is 1.88. The number of rotatable bonds is 20. The first kappa shape index (κ1) is 25.0. The standard InChI is InChI=1S/C24H51N/c1-5-7-9-11-17-23(3)19-13-15-21-25-22-16-14-20-24(4)18-12-10-8-6-2/h23-25H,5-22H2,1-4H3. The minimum absolute atomic E-state index is 0.940. The molecule has 1 heteroatoms. The summed E-state index contributed by atoms with van der Waals surface area (Å²) in [5, 5.41) is 3.65. The first-order valence-electron chi connectivity index (χ1n) is 11.9. The van der Waals surface area contributed by atoms with E-state index in [4.69, 9.17) is 0 Å². The summed E-state index contributed by atoms with van der Waals surface area (Å²) in [4.78, 5) is 0. The third-order valence-electron chi connectivity index (χ3n) is 5.70. The largest absolute Gasteiger partial charge is 0.317 e. The smallest absolute Gasteiger partial charge is 0.00489 e. The van der Waals surface area contributed by atoms with Gasteiger partial charge in [0.25, 0.3) is 0 Å². The topological polar surface area (TPSA) is 12.0 Å². The SMILES string of the molecule is CCCCCCC(C)CCCCNCCCCC(C)CCCCCC. The molecule has 0 heterocycles. The molecule has 1 nitrogen and oxygen atoms in total. The van der Waals surface area contributed by atoms with Crippen LogP contribution in [0.3, 0.4) is 0 Å². The van der Waals surface area contributed by atoms with Crippen LogP contribution >= 0.6 is 0 Å². The average molecular weight is 354 g/mol. The highest BCUT2D eigenvalue weighted by Crippen LogP contribution is 2.17. The average Bonchev–Trinajstić information content (AvgIpc) is 2.61. The molecule has 0 fully saturated rings. The summed E-state index contributed by atoms with van der Waals surface area (Å²) in [6.07, 6.45) is 22.7. The van der Waals surface area contributed by atoms with E-state index >= 15 is 0 Å². The second kappa shape index (κ2) is 20.3. The molecule has 0 aromatic carbocycles. The lowest BCUT2D eigenvalue weighted by molar-refractivity contribution is 0.428. The van der Waals surface area contributed by atoms with E-state index < -0.39 is 0 Å². The second-order valence-corrected chi connectivity index (χ2v) is 8.65. The van der Waals surface area contributed by atoms with Gasteiger partial charge in [-0.2, -0.15) is 0 Å². The molecule has 0 aromatic rings. The molecular formula is C24H51N. The van der Waals surface area contributed by atoms with E-state index in [0.29, 0.717) is 0 Å². The van der Waals surface area contributed by atoms with Crippen LogP contribution < -0.4 is 5.32 Å². The van der Waals surface area contributed by atoms with Crippen molar-refractivity contribution in [3.8, 4) is 0 Å². The first-order chi connectivity index (χ1) is 12.2. The Labute approximate surface area is 161 Å². The molecule has 0 bridgehead atoms. The molecule has 0 radical (unpaired) electrons. The van der Waals surface area contributed by atoms with E-state index in [1.165, 1.54) is 116 Å². The maximum absolute atomic E-state index is 3.65. The van der Waals surface area contributed by atoms with Gasteiger partial charge < -0.3 is 5.32 Å². The van der Waals surface area contributed by atoms with Crippen LogP contribution in [0, 0.1) is 11.8 Å². The molecule has 152 valence electrons. The summed E-state index contributed by atoms with van der Waals surface area (Å²) < 4.78 is 0. The van der Waals surface area contributed by atoms with Gasteiger partial charge in [-0.3, -0.25) is 0 Å². The maximum atomic E-state index is 3.65. The Hall–Kier alpha value is -0.0400. The van der Waals surface area contributed by atoms with E-state index in [2.05, 4.69) is 33.0 Å². The highest BCUT2D eigenvalue weighted by molar-refractivity contribution is 4.58. The fraction of sp³-hybridized carbons (Fsp3) is 1.00. The van der Waals surface area contributed by atoms with Gasteiger partial charge in [0.1, 0.15) is 0 Å². The lowest BCUT2D eigenvalue weighted by Crippen LogP contribution is -2.17. The highest BCUT2D eigenvalue weighted by Gasteiger charge is 2.03. The zero-order valence-corrected chi connectivity index (χ0v) is 18.4. The molecule has 0 aliphatic rings. The van der Waals surface area contributed by atoms with Crippen LogP contribution in [0.5, 0.6) is 0 Å². The third-order valence-corrected chi connectivity index (χ3v) is 5.70. The van der Waals surface area contributed by atoms with Gasteiger partial charge in [0.05, 0.1) is 0 Å². The second-order valence-electron chi connectivity index (χ2n) is 8.65. The minimum atomic E-state index is 0.940. The van der Waals surface area contributed by atoms with Gasteiger partial charge in [-0.15, -0.1) is 0 Å². The number of hydrogen-bond acceptors (Lipinski definition) is 1. The van der Waals surface area contributed by atoms with Gasteiger partial charge in [-0.25, -0.2) is 0 Å². The Morgan fingerprint density at radius 3 is 1.20 bits per heavy atom. The van der Waals surface area contributed by atoms with Crippen LogP contribution in [0.4, 0.5) is 0 Å². The predicted octanol–water partition coefficient (Wildman–Crippen LogP) is 8.13. The number of unbranched alkanes of at least 4 members (excludes halogenated alkanes) is 8. The van der Waals surface area contributed by atoms with Crippen molar-refractivity contribution in [3.05, 3.63) is 0 Å². The van der Waals surface area contributed by atoms with Gasteiger partial charge in [-0.1, -0.05) is 118 Å². The van der Waals surface area contributed by atoms with Crippen LogP contribution in [0.1, 0.15) is 130 Å². The predicted molar refractivity (Wildman–Crippen MR) is 116 cm³/mol. The molecule has 0 amide bonds. The van der Waals surface area contributed by atoms with Gasteiger partial charge in [0.15, 0.2) is 0 Å². The molecule has 0 rings (SSSR count). The lowest BCUT2D eigenvalue weighted by atomic mass is 9.97. The summed E-state index contributed by atoms with van der Waals surface area (Å²) in [7, 11) is 0. The highest BCUT2D eigenvalue weighted by atomic mass is 14.8. The van der Waals surface area contributed by atoms with Crippen LogP contribution in [0.25, 0.3) is 0 Å². The van der Waals surface area contributed by atoms with E-state index in [9.17, 15) is 0 Å². The summed E-state index contributed by atoms with van der Waals surface area (Å²) >= 11 is 0. The number of hydrogen-bond donors (Lipinski definition) is 1. The van der Waals surface area contributed by atoms with Crippen molar-refractivity contribution in [2.75, 3.05) is 13.1 Å². The maximum Gasteiger partial charge on any atom is -0.00489 e. The molecule has 0 aromatic heterocycles. The molecule has 0 spiro atoms. The van der Waals surface area contributed by atoms with Crippen LogP contribution in [0.15, 0.2) is 0 Å². The number of nitrogens with one attached hydrogen (secondary N) is 1. The normalized spacial score (nSPS) is 13.9.